The first-order valence-electron chi connectivity index (χ1n) is 10.1. The van der Waals surface area contributed by atoms with Crippen molar-refractivity contribution in [3.05, 3.63) is 29.8 Å². The lowest BCUT2D eigenvalue weighted by molar-refractivity contribution is -0.125. The maximum absolute atomic E-state index is 11.6. The van der Waals surface area contributed by atoms with Crippen molar-refractivity contribution in [3.63, 3.8) is 0 Å². The fourth-order valence-corrected chi connectivity index (χ4v) is 3.06. The van der Waals surface area contributed by atoms with Crippen molar-refractivity contribution in [1.29, 1.82) is 0 Å². The Hall–Kier alpha value is -1.59. The van der Waals surface area contributed by atoms with Gasteiger partial charge in [0.1, 0.15) is 12.4 Å². The van der Waals surface area contributed by atoms with Crippen LogP contribution >= 0.6 is 0 Å². The number of piperidine rings is 1. The molecule has 1 fully saturated rings. The summed E-state index contributed by atoms with van der Waals surface area (Å²) in [5.41, 5.74) is 1.31. The number of carbonyl (C=O) groups excluding carboxylic acids is 1. The predicted molar refractivity (Wildman–Crippen MR) is 104 cm³/mol. The number of rotatable bonds is 12. The molecule has 0 radical (unpaired) electrons. The van der Waals surface area contributed by atoms with Crippen LogP contribution in [0.5, 0.6) is 5.75 Å². The molecule has 1 aromatic rings. The Morgan fingerprint density at radius 2 is 2.00 bits per heavy atom. The molecule has 1 amide bonds. The van der Waals surface area contributed by atoms with Gasteiger partial charge in [0.15, 0.2) is 0 Å². The fraction of sp³-hybridized carbons (Fsp3) is 0.667. The summed E-state index contributed by atoms with van der Waals surface area (Å²) < 4.78 is 11.1. The van der Waals surface area contributed by atoms with E-state index in [1.54, 1.807) is 0 Å². The zero-order valence-electron chi connectivity index (χ0n) is 16.2. The zero-order chi connectivity index (χ0) is 18.5. The SMILES string of the molecule is CCCCOCC(=O)NCCCOc1cccc(CN2CCCCC2)c1. The molecule has 1 heterocycles. The van der Waals surface area contributed by atoms with E-state index >= 15 is 0 Å². The van der Waals surface area contributed by atoms with Gasteiger partial charge in [0.25, 0.3) is 0 Å². The molecule has 5 nitrogen and oxygen atoms in total. The molecule has 2 rings (SSSR count). The van der Waals surface area contributed by atoms with Gasteiger partial charge in [0.05, 0.1) is 6.61 Å². The van der Waals surface area contributed by atoms with Crippen LogP contribution in [0.2, 0.25) is 0 Å². The Labute approximate surface area is 158 Å². The van der Waals surface area contributed by atoms with Crippen LogP contribution in [0.3, 0.4) is 0 Å². The second kappa shape index (κ2) is 12.7. The first-order valence-corrected chi connectivity index (χ1v) is 10.1. The Kier molecular flexibility index (Phi) is 10.1. The van der Waals surface area contributed by atoms with E-state index in [-0.39, 0.29) is 12.5 Å². The van der Waals surface area contributed by atoms with E-state index < -0.39 is 0 Å². The van der Waals surface area contributed by atoms with Crippen molar-refractivity contribution in [2.24, 2.45) is 0 Å². The highest BCUT2D eigenvalue weighted by molar-refractivity contribution is 5.77. The molecule has 0 bridgehead atoms. The lowest BCUT2D eigenvalue weighted by Crippen LogP contribution is -2.29. The zero-order valence-corrected chi connectivity index (χ0v) is 16.2. The van der Waals surface area contributed by atoms with E-state index in [4.69, 9.17) is 9.47 Å². The molecular weight excluding hydrogens is 328 g/mol. The molecule has 0 unspecified atom stereocenters. The van der Waals surface area contributed by atoms with E-state index in [9.17, 15) is 4.79 Å². The Morgan fingerprint density at radius 3 is 2.81 bits per heavy atom. The Balaban J connectivity index is 1.57. The number of amides is 1. The highest BCUT2D eigenvalue weighted by Crippen LogP contribution is 2.17. The first kappa shape index (κ1) is 20.7. The highest BCUT2D eigenvalue weighted by atomic mass is 16.5. The van der Waals surface area contributed by atoms with Gasteiger partial charge in [-0.3, -0.25) is 9.69 Å². The van der Waals surface area contributed by atoms with Crippen LogP contribution < -0.4 is 10.1 Å². The topological polar surface area (TPSA) is 50.8 Å². The molecule has 26 heavy (non-hydrogen) atoms. The number of likely N-dealkylation sites (tertiary alicyclic amines) is 1. The summed E-state index contributed by atoms with van der Waals surface area (Å²) in [6, 6.07) is 8.36. The minimum absolute atomic E-state index is 0.0513. The first-order chi connectivity index (χ1) is 12.8. The van der Waals surface area contributed by atoms with Crippen molar-refractivity contribution in [2.45, 2.75) is 52.0 Å². The monoisotopic (exact) mass is 362 g/mol. The summed E-state index contributed by atoms with van der Waals surface area (Å²) in [6.07, 6.45) is 6.85. The van der Waals surface area contributed by atoms with Gasteiger partial charge in [-0.15, -0.1) is 0 Å². The van der Waals surface area contributed by atoms with Crippen molar-refractivity contribution >= 4 is 5.91 Å². The Bertz CT molecular complexity index is 516. The molecule has 1 saturated heterocycles. The van der Waals surface area contributed by atoms with E-state index in [1.807, 2.05) is 6.07 Å². The summed E-state index contributed by atoms with van der Waals surface area (Å²) in [7, 11) is 0. The average Bonchev–Trinajstić information content (AvgIpc) is 2.66. The van der Waals surface area contributed by atoms with Crippen LogP contribution in [0, 0.1) is 0 Å². The molecule has 1 aliphatic heterocycles. The molecule has 1 aromatic carbocycles. The summed E-state index contributed by atoms with van der Waals surface area (Å²) >= 11 is 0. The maximum atomic E-state index is 11.6. The lowest BCUT2D eigenvalue weighted by Gasteiger charge is -2.26. The quantitative estimate of drug-likeness (QED) is 0.579. The van der Waals surface area contributed by atoms with Crippen LogP contribution in [-0.2, 0) is 16.1 Å². The van der Waals surface area contributed by atoms with Gasteiger partial charge in [-0.2, -0.15) is 0 Å². The number of hydrogen-bond donors (Lipinski definition) is 1. The molecule has 0 saturated carbocycles. The molecule has 0 atom stereocenters. The maximum Gasteiger partial charge on any atom is 0.245 e. The minimum atomic E-state index is -0.0513. The van der Waals surface area contributed by atoms with Gasteiger partial charge in [-0.25, -0.2) is 0 Å². The van der Waals surface area contributed by atoms with Crippen molar-refractivity contribution < 1.29 is 14.3 Å². The summed E-state index contributed by atoms with van der Waals surface area (Å²) in [5, 5.41) is 2.86. The molecule has 1 aliphatic rings. The predicted octanol–water partition coefficient (Wildman–Crippen LogP) is 3.37. The number of nitrogens with zero attached hydrogens (tertiary/aromatic N) is 1. The van der Waals surface area contributed by atoms with Gasteiger partial charge < -0.3 is 14.8 Å². The molecule has 146 valence electrons. The normalized spacial score (nSPS) is 15.0. The minimum Gasteiger partial charge on any atom is -0.494 e. The second-order valence-corrected chi connectivity index (χ2v) is 6.94. The third kappa shape index (κ3) is 8.68. The van der Waals surface area contributed by atoms with E-state index in [0.29, 0.717) is 19.8 Å². The third-order valence-corrected chi connectivity index (χ3v) is 4.54. The number of benzene rings is 1. The van der Waals surface area contributed by atoms with Crippen LogP contribution in [0.25, 0.3) is 0 Å². The van der Waals surface area contributed by atoms with E-state index in [0.717, 1.165) is 31.6 Å². The van der Waals surface area contributed by atoms with Gasteiger partial charge >= 0.3 is 0 Å². The number of hydrogen-bond acceptors (Lipinski definition) is 4. The standard InChI is InChI=1S/C21H34N2O3/c1-2-3-14-25-18-21(24)22-11-8-15-26-20-10-7-9-19(16-20)17-23-12-5-4-6-13-23/h7,9-10,16H,2-6,8,11-15,17-18H2,1H3,(H,22,24). The summed E-state index contributed by atoms with van der Waals surface area (Å²) in [5.74, 6) is 0.860. The average molecular weight is 363 g/mol. The number of ether oxygens (including phenoxy) is 2. The number of carbonyl (C=O) groups is 1. The van der Waals surface area contributed by atoms with Crippen LogP contribution in [0.15, 0.2) is 24.3 Å². The summed E-state index contributed by atoms with van der Waals surface area (Å²) in [4.78, 5) is 14.1. The van der Waals surface area contributed by atoms with Crippen LogP contribution in [-0.4, -0.2) is 50.3 Å². The highest BCUT2D eigenvalue weighted by Gasteiger charge is 2.10. The van der Waals surface area contributed by atoms with Gasteiger partial charge in [-0.05, 0) is 56.5 Å². The van der Waals surface area contributed by atoms with Gasteiger partial charge in [-0.1, -0.05) is 31.9 Å². The molecule has 5 heteroatoms. The van der Waals surface area contributed by atoms with Crippen LogP contribution in [0.1, 0.15) is 51.0 Å². The largest absolute Gasteiger partial charge is 0.494 e. The lowest BCUT2D eigenvalue weighted by atomic mass is 10.1. The van der Waals surface area contributed by atoms with E-state index in [1.165, 1.54) is 37.9 Å². The molecule has 0 aliphatic carbocycles. The van der Waals surface area contributed by atoms with Crippen molar-refractivity contribution in [3.8, 4) is 5.75 Å². The number of nitrogens with one attached hydrogen (secondary N) is 1. The van der Waals surface area contributed by atoms with Gasteiger partial charge in [0, 0.05) is 19.7 Å². The Morgan fingerprint density at radius 1 is 1.15 bits per heavy atom. The van der Waals surface area contributed by atoms with Crippen LogP contribution in [0.4, 0.5) is 0 Å². The molecule has 0 aromatic heterocycles. The second-order valence-electron chi connectivity index (χ2n) is 6.94. The third-order valence-electron chi connectivity index (χ3n) is 4.54. The molecule has 0 spiro atoms. The molecule has 1 N–H and O–H groups in total. The molecular formula is C21H34N2O3. The van der Waals surface area contributed by atoms with Crippen molar-refractivity contribution in [2.75, 3.05) is 39.5 Å². The number of unbranched alkanes of at least 4 members (excludes halogenated alkanes) is 1. The smallest absolute Gasteiger partial charge is 0.245 e. The fourth-order valence-electron chi connectivity index (χ4n) is 3.06. The van der Waals surface area contributed by atoms with E-state index in [2.05, 4.69) is 35.3 Å². The van der Waals surface area contributed by atoms with Gasteiger partial charge in [0.2, 0.25) is 5.91 Å². The summed E-state index contributed by atoms with van der Waals surface area (Å²) in [6.45, 7) is 7.53. The van der Waals surface area contributed by atoms with Crippen molar-refractivity contribution in [1.82, 2.24) is 10.2 Å².